The molecule has 106 valence electrons. The van der Waals surface area contributed by atoms with Crippen molar-refractivity contribution >= 4 is 5.96 Å². The van der Waals surface area contributed by atoms with Crippen molar-refractivity contribution in [3.05, 3.63) is 35.6 Å². The third-order valence-corrected chi connectivity index (χ3v) is 2.67. The average Bonchev–Trinajstić information content (AvgIpc) is 2.35. The van der Waals surface area contributed by atoms with Crippen LogP contribution in [0.1, 0.15) is 32.8 Å². The Labute approximate surface area is 115 Å². The minimum atomic E-state index is -0.217. The van der Waals surface area contributed by atoms with Gasteiger partial charge in [0.25, 0.3) is 0 Å². The summed E-state index contributed by atoms with van der Waals surface area (Å²) in [6.45, 7) is 8.61. The van der Waals surface area contributed by atoms with Crippen LogP contribution in [-0.4, -0.2) is 19.0 Å². The van der Waals surface area contributed by atoms with Crippen molar-refractivity contribution < 1.29 is 4.39 Å². The lowest BCUT2D eigenvalue weighted by atomic mass is 10.1. The predicted octanol–water partition coefficient (Wildman–Crippen LogP) is 2.93. The van der Waals surface area contributed by atoms with Crippen molar-refractivity contribution in [2.45, 2.75) is 33.7 Å². The second-order valence-corrected chi connectivity index (χ2v) is 4.93. The van der Waals surface area contributed by atoms with Gasteiger partial charge in [-0.3, -0.25) is 0 Å². The van der Waals surface area contributed by atoms with Gasteiger partial charge in [-0.1, -0.05) is 26.0 Å². The summed E-state index contributed by atoms with van der Waals surface area (Å²) in [6, 6.07) is 6.55. The summed E-state index contributed by atoms with van der Waals surface area (Å²) in [5, 5.41) is 6.47. The normalized spacial score (nSPS) is 11.7. The number of aliphatic imine (C=N–C) groups is 1. The van der Waals surface area contributed by atoms with Crippen LogP contribution >= 0.6 is 0 Å². The summed E-state index contributed by atoms with van der Waals surface area (Å²) in [6.07, 6.45) is 1.10. The lowest BCUT2D eigenvalue weighted by Crippen LogP contribution is -2.38. The Bertz CT molecular complexity index is 402. The zero-order chi connectivity index (χ0) is 14.1. The van der Waals surface area contributed by atoms with E-state index >= 15 is 0 Å². The molecule has 0 amide bonds. The maximum absolute atomic E-state index is 13.1. The number of hydrogen-bond donors (Lipinski definition) is 2. The van der Waals surface area contributed by atoms with Crippen molar-refractivity contribution in [2.24, 2.45) is 10.9 Å². The fraction of sp³-hybridized carbons (Fsp3) is 0.533. The summed E-state index contributed by atoms with van der Waals surface area (Å²) in [5.74, 6) is 1.23. The van der Waals surface area contributed by atoms with Gasteiger partial charge in [-0.25, -0.2) is 9.38 Å². The maximum atomic E-state index is 13.1. The van der Waals surface area contributed by atoms with Crippen molar-refractivity contribution in [2.75, 3.05) is 13.1 Å². The molecule has 0 saturated heterocycles. The first-order valence-corrected chi connectivity index (χ1v) is 6.88. The monoisotopic (exact) mass is 265 g/mol. The number of benzene rings is 1. The van der Waals surface area contributed by atoms with Gasteiger partial charge in [-0.15, -0.1) is 0 Å². The molecular formula is C15H24FN3. The zero-order valence-electron chi connectivity index (χ0n) is 12.0. The van der Waals surface area contributed by atoms with Gasteiger partial charge in [0.05, 0.1) is 6.54 Å². The van der Waals surface area contributed by atoms with E-state index in [1.165, 1.54) is 12.1 Å². The predicted molar refractivity (Wildman–Crippen MR) is 78.7 cm³/mol. The Balaban J connectivity index is 2.52. The first kappa shape index (κ1) is 15.5. The van der Waals surface area contributed by atoms with E-state index in [1.807, 2.05) is 13.0 Å². The van der Waals surface area contributed by atoms with Crippen LogP contribution in [0.25, 0.3) is 0 Å². The molecule has 0 aliphatic carbocycles. The molecule has 1 aromatic carbocycles. The van der Waals surface area contributed by atoms with Gasteiger partial charge in [0, 0.05) is 13.1 Å². The first-order valence-electron chi connectivity index (χ1n) is 6.88. The topological polar surface area (TPSA) is 36.4 Å². The molecule has 0 unspecified atom stereocenters. The molecule has 0 bridgehead atoms. The molecule has 4 heteroatoms. The highest BCUT2D eigenvalue weighted by Crippen LogP contribution is 2.04. The Morgan fingerprint density at radius 1 is 1.32 bits per heavy atom. The van der Waals surface area contributed by atoms with Crippen LogP contribution in [0, 0.1) is 11.7 Å². The number of halogens is 1. The molecule has 19 heavy (non-hydrogen) atoms. The molecule has 0 fully saturated rings. The molecule has 0 aliphatic rings. The SMILES string of the molecule is CCNC(=NCc1cccc(F)c1)NCCC(C)C. The highest BCUT2D eigenvalue weighted by atomic mass is 19.1. The molecule has 2 N–H and O–H groups in total. The first-order chi connectivity index (χ1) is 9.11. The van der Waals surface area contributed by atoms with Gasteiger partial charge in [-0.05, 0) is 37.0 Å². The van der Waals surface area contributed by atoms with Crippen molar-refractivity contribution in [3.8, 4) is 0 Å². The molecule has 0 heterocycles. The Kier molecular flexibility index (Phi) is 6.93. The van der Waals surface area contributed by atoms with E-state index in [1.54, 1.807) is 6.07 Å². The molecule has 3 nitrogen and oxygen atoms in total. The van der Waals surface area contributed by atoms with E-state index in [4.69, 9.17) is 0 Å². The van der Waals surface area contributed by atoms with Crippen molar-refractivity contribution in [3.63, 3.8) is 0 Å². The van der Waals surface area contributed by atoms with Crippen LogP contribution in [0.3, 0.4) is 0 Å². The van der Waals surface area contributed by atoms with Gasteiger partial charge in [-0.2, -0.15) is 0 Å². The van der Waals surface area contributed by atoms with Crippen molar-refractivity contribution in [1.29, 1.82) is 0 Å². The Morgan fingerprint density at radius 2 is 2.11 bits per heavy atom. The summed E-state index contributed by atoms with van der Waals surface area (Å²) in [5.41, 5.74) is 0.876. The number of guanidine groups is 1. The maximum Gasteiger partial charge on any atom is 0.191 e. The molecule has 0 spiro atoms. The molecule has 0 saturated carbocycles. The minimum Gasteiger partial charge on any atom is -0.357 e. The van der Waals surface area contributed by atoms with E-state index in [2.05, 4.69) is 29.5 Å². The number of nitrogens with zero attached hydrogens (tertiary/aromatic N) is 1. The van der Waals surface area contributed by atoms with Crippen molar-refractivity contribution in [1.82, 2.24) is 10.6 Å². The van der Waals surface area contributed by atoms with Crippen LogP contribution in [0.4, 0.5) is 4.39 Å². The third-order valence-electron chi connectivity index (χ3n) is 2.67. The smallest absolute Gasteiger partial charge is 0.191 e. The van der Waals surface area contributed by atoms with Gasteiger partial charge < -0.3 is 10.6 Å². The Hall–Kier alpha value is -1.58. The summed E-state index contributed by atoms with van der Waals surface area (Å²) in [7, 11) is 0. The molecule has 0 aromatic heterocycles. The number of rotatable bonds is 6. The molecule has 1 aromatic rings. The second kappa shape index (κ2) is 8.51. The van der Waals surface area contributed by atoms with E-state index in [-0.39, 0.29) is 5.82 Å². The van der Waals surface area contributed by atoms with Crippen LogP contribution in [0.15, 0.2) is 29.3 Å². The molecule has 0 aliphatic heterocycles. The lowest BCUT2D eigenvalue weighted by molar-refractivity contribution is 0.573. The fourth-order valence-electron chi connectivity index (χ4n) is 1.63. The Morgan fingerprint density at radius 3 is 2.74 bits per heavy atom. The molecule has 1 rings (SSSR count). The van der Waals surface area contributed by atoms with Crippen LogP contribution in [-0.2, 0) is 6.54 Å². The third kappa shape index (κ3) is 6.79. The quantitative estimate of drug-likeness (QED) is 0.613. The number of hydrogen-bond acceptors (Lipinski definition) is 1. The van der Waals surface area contributed by atoms with Crippen LogP contribution < -0.4 is 10.6 Å². The van der Waals surface area contributed by atoms with Gasteiger partial charge in [0.1, 0.15) is 5.82 Å². The van der Waals surface area contributed by atoms with Crippen LogP contribution in [0.2, 0.25) is 0 Å². The van der Waals surface area contributed by atoms with Gasteiger partial charge >= 0.3 is 0 Å². The van der Waals surface area contributed by atoms with Crippen LogP contribution in [0.5, 0.6) is 0 Å². The van der Waals surface area contributed by atoms with Gasteiger partial charge in [0.2, 0.25) is 0 Å². The largest absolute Gasteiger partial charge is 0.357 e. The van der Waals surface area contributed by atoms with E-state index in [0.717, 1.165) is 31.0 Å². The average molecular weight is 265 g/mol. The van der Waals surface area contributed by atoms with E-state index < -0.39 is 0 Å². The summed E-state index contributed by atoms with van der Waals surface area (Å²) >= 11 is 0. The highest BCUT2D eigenvalue weighted by Gasteiger charge is 1.99. The lowest BCUT2D eigenvalue weighted by Gasteiger charge is -2.12. The number of nitrogens with one attached hydrogen (secondary N) is 2. The summed E-state index contributed by atoms with van der Waals surface area (Å²) < 4.78 is 13.1. The summed E-state index contributed by atoms with van der Waals surface area (Å²) in [4.78, 5) is 4.45. The van der Waals surface area contributed by atoms with E-state index in [0.29, 0.717) is 12.5 Å². The van der Waals surface area contributed by atoms with E-state index in [9.17, 15) is 4.39 Å². The van der Waals surface area contributed by atoms with Gasteiger partial charge in [0.15, 0.2) is 5.96 Å². The molecule has 0 radical (unpaired) electrons. The minimum absolute atomic E-state index is 0.217. The standard InChI is InChI=1S/C15H24FN3/c1-4-17-15(18-9-8-12(2)3)19-11-13-6-5-7-14(16)10-13/h5-7,10,12H,4,8-9,11H2,1-3H3,(H2,17,18,19). The zero-order valence-corrected chi connectivity index (χ0v) is 12.0. The highest BCUT2D eigenvalue weighted by molar-refractivity contribution is 5.79. The second-order valence-electron chi connectivity index (χ2n) is 4.93. The fourth-order valence-corrected chi connectivity index (χ4v) is 1.63. The molecule has 0 atom stereocenters. The molecular weight excluding hydrogens is 241 g/mol.